The highest BCUT2D eigenvalue weighted by Crippen LogP contribution is 2.32. The Bertz CT molecular complexity index is 1090. The summed E-state index contributed by atoms with van der Waals surface area (Å²) in [6, 6.07) is 1.87. The Kier molecular flexibility index (Phi) is 5.55. The van der Waals surface area contributed by atoms with Gasteiger partial charge in [0, 0.05) is 37.4 Å². The highest BCUT2D eigenvalue weighted by molar-refractivity contribution is 5.79. The second kappa shape index (κ2) is 8.37. The van der Waals surface area contributed by atoms with Crippen molar-refractivity contribution >= 4 is 17.5 Å². The van der Waals surface area contributed by atoms with Crippen molar-refractivity contribution in [2.24, 2.45) is 11.8 Å². The van der Waals surface area contributed by atoms with Gasteiger partial charge in [-0.05, 0) is 32.1 Å². The fraction of sp³-hybridized carbons (Fsp3) is 0.667. The van der Waals surface area contributed by atoms with Crippen LogP contribution >= 0.6 is 0 Å². The van der Waals surface area contributed by atoms with E-state index in [1.165, 1.54) is 4.52 Å². The largest absolute Gasteiger partial charge is 0.337 e. The van der Waals surface area contributed by atoms with Gasteiger partial charge < -0.3 is 9.80 Å². The number of amides is 2. The number of nitrogens with zero attached hydrogens (tertiary/aromatic N) is 4. The maximum Gasteiger partial charge on any atom is 0.277 e. The van der Waals surface area contributed by atoms with E-state index in [1.54, 1.807) is 0 Å². The van der Waals surface area contributed by atoms with Gasteiger partial charge in [-0.1, -0.05) is 26.7 Å². The maximum absolute atomic E-state index is 13.4. The Hall–Kier alpha value is -2.64. The minimum atomic E-state index is -0.127. The first-order chi connectivity index (χ1) is 15.4. The van der Waals surface area contributed by atoms with E-state index in [0.29, 0.717) is 30.7 Å². The molecule has 4 heterocycles. The van der Waals surface area contributed by atoms with Crippen LogP contribution in [0.15, 0.2) is 10.9 Å². The molecule has 1 saturated heterocycles. The molecule has 2 aromatic rings. The summed E-state index contributed by atoms with van der Waals surface area (Å²) in [5.74, 6) is 0.393. The minimum absolute atomic E-state index is 0.0581. The molecule has 1 saturated carbocycles. The maximum atomic E-state index is 13.4. The molecule has 0 spiro atoms. The SMILES string of the molecule is CC(C)C(=O)N1CCCCC1c1cc2nc3c(c(=O)n2[nH]1)CN(C(=O)C1CCCC1)CC3. The number of rotatable bonds is 3. The zero-order valence-corrected chi connectivity index (χ0v) is 19.1. The van der Waals surface area contributed by atoms with Crippen LogP contribution in [0.5, 0.6) is 0 Å². The zero-order valence-electron chi connectivity index (χ0n) is 19.1. The molecule has 1 N–H and O–H groups in total. The van der Waals surface area contributed by atoms with Gasteiger partial charge in [-0.3, -0.25) is 19.5 Å². The van der Waals surface area contributed by atoms with Gasteiger partial charge in [0.2, 0.25) is 11.8 Å². The summed E-state index contributed by atoms with van der Waals surface area (Å²) in [7, 11) is 0. The number of carbonyl (C=O) groups is 2. The summed E-state index contributed by atoms with van der Waals surface area (Å²) >= 11 is 0. The first-order valence-electron chi connectivity index (χ1n) is 12.2. The molecule has 1 unspecified atom stereocenters. The van der Waals surface area contributed by atoms with Crippen molar-refractivity contribution in [1.29, 1.82) is 0 Å². The molecule has 0 aromatic carbocycles. The summed E-state index contributed by atoms with van der Waals surface area (Å²) in [6.07, 6.45) is 7.72. The molecule has 0 radical (unpaired) electrons. The number of hydrogen-bond acceptors (Lipinski definition) is 4. The van der Waals surface area contributed by atoms with Crippen molar-refractivity contribution in [3.05, 3.63) is 33.4 Å². The molecule has 1 aliphatic carbocycles. The van der Waals surface area contributed by atoms with Gasteiger partial charge in [0.05, 0.1) is 29.5 Å². The van der Waals surface area contributed by atoms with Crippen molar-refractivity contribution in [2.45, 2.75) is 77.8 Å². The normalized spacial score (nSPS) is 22.0. The number of likely N-dealkylation sites (tertiary alicyclic amines) is 1. The van der Waals surface area contributed by atoms with Crippen molar-refractivity contribution < 1.29 is 9.59 Å². The molecule has 32 heavy (non-hydrogen) atoms. The van der Waals surface area contributed by atoms with Crippen molar-refractivity contribution in [3.63, 3.8) is 0 Å². The fourth-order valence-electron chi connectivity index (χ4n) is 5.64. The monoisotopic (exact) mass is 439 g/mol. The Morgan fingerprint density at radius 3 is 2.59 bits per heavy atom. The summed E-state index contributed by atoms with van der Waals surface area (Å²) in [6.45, 7) is 5.57. The highest BCUT2D eigenvalue weighted by Gasteiger charge is 2.33. The van der Waals surface area contributed by atoms with Crippen LogP contribution < -0.4 is 5.56 Å². The van der Waals surface area contributed by atoms with Crippen LogP contribution in [0, 0.1) is 11.8 Å². The van der Waals surface area contributed by atoms with E-state index in [1.807, 2.05) is 29.7 Å². The second-order valence-corrected chi connectivity index (χ2v) is 9.94. The third-order valence-electron chi connectivity index (χ3n) is 7.44. The van der Waals surface area contributed by atoms with E-state index in [2.05, 4.69) is 5.10 Å². The average molecular weight is 440 g/mol. The summed E-state index contributed by atoms with van der Waals surface area (Å²) in [5.41, 5.74) is 2.76. The smallest absolute Gasteiger partial charge is 0.277 e. The van der Waals surface area contributed by atoms with Gasteiger partial charge >= 0.3 is 0 Å². The van der Waals surface area contributed by atoms with Gasteiger partial charge in [-0.25, -0.2) is 9.50 Å². The number of hydrogen-bond donors (Lipinski definition) is 1. The standard InChI is InChI=1S/C24H33N5O3/c1-15(2)22(30)28-11-6-5-9-20(28)19-13-21-25-18-10-12-27(23(31)16-7-3-4-8-16)14-17(18)24(32)29(21)26-19/h13,15-16,20,26H,3-12,14H2,1-2H3. The Morgan fingerprint density at radius 1 is 1.09 bits per heavy atom. The molecule has 2 fully saturated rings. The minimum Gasteiger partial charge on any atom is -0.337 e. The van der Waals surface area contributed by atoms with Crippen LogP contribution in [0.4, 0.5) is 0 Å². The quantitative estimate of drug-likeness (QED) is 0.796. The first-order valence-corrected chi connectivity index (χ1v) is 12.2. The van der Waals surface area contributed by atoms with E-state index >= 15 is 0 Å². The molecule has 1 atom stereocenters. The number of piperidine rings is 1. The van der Waals surface area contributed by atoms with E-state index < -0.39 is 0 Å². The average Bonchev–Trinajstić information content (AvgIpc) is 3.48. The van der Waals surface area contributed by atoms with Crippen LogP contribution in [-0.2, 0) is 22.6 Å². The van der Waals surface area contributed by atoms with Crippen molar-refractivity contribution in [3.8, 4) is 0 Å². The highest BCUT2D eigenvalue weighted by atomic mass is 16.2. The molecular weight excluding hydrogens is 406 g/mol. The molecule has 172 valence electrons. The van der Waals surface area contributed by atoms with E-state index in [-0.39, 0.29) is 35.3 Å². The number of H-pyrrole nitrogens is 1. The van der Waals surface area contributed by atoms with Gasteiger partial charge in [0.25, 0.3) is 5.56 Å². The first kappa shape index (κ1) is 21.2. The molecule has 2 aromatic heterocycles. The van der Waals surface area contributed by atoms with E-state index in [0.717, 1.165) is 62.9 Å². The number of fused-ring (bicyclic) bond motifs is 2. The summed E-state index contributed by atoms with van der Waals surface area (Å²) < 4.78 is 1.50. The fourth-order valence-corrected chi connectivity index (χ4v) is 5.64. The van der Waals surface area contributed by atoms with Crippen LogP contribution in [0.1, 0.15) is 81.8 Å². The Balaban J connectivity index is 1.45. The molecule has 0 bridgehead atoms. The molecule has 8 heteroatoms. The Labute approximate surface area is 188 Å². The zero-order chi connectivity index (χ0) is 22.4. The molecule has 8 nitrogen and oxygen atoms in total. The summed E-state index contributed by atoms with van der Waals surface area (Å²) in [5, 5.41) is 3.25. The lowest BCUT2D eigenvalue weighted by Gasteiger charge is -2.36. The lowest BCUT2D eigenvalue weighted by atomic mass is 9.97. The van der Waals surface area contributed by atoms with Crippen LogP contribution in [0.2, 0.25) is 0 Å². The molecule has 3 aliphatic rings. The van der Waals surface area contributed by atoms with Crippen LogP contribution in [0.25, 0.3) is 5.65 Å². The lowest BCUT2D eigenvalue weighted by Crippen LogP contribution is -2.42. The topological polar surface area (TPSA) is 90.8 Å². The predicted molar refractivity (Wildman–Crippen MR) is 120 cm³/mol. The van der Waals surface area contributed by atoms with Gasteiger partial charge in [0.1, 0.15) is 0 Å². The van der Waals surface area contributed by atoms with Crippen molar-refractivity contribution in [1.82, 2.24) is 24.4 Å². The molecule has 5 rings (SSSR count). The van der Waals surface area contributed by atoms with Gasteiger partial charge in [-0.15, -0.1) is 0 Å². The molecule has 2 amide bonds. The van der Waals surface area contributed by atoms with Crippen LogP contribution in [-0.4, -0.2) is 49.3 Å². The number of aromatic nitrogens is 3. The van der Waals surface area contributed by atoms with Crippen LogP contribution in [0.3, 0.4) is 0 Å². The lowest BCUT2D eigenvalue weighted by molar-refractivity contribution is -0.138. The number of aromatic amines is 1. The second-order valence-electron chi connectivity index (χ2n) is 9.94. The third kappa shape index (κ3) is 3.63. The predicted octanol–water partition coefficient (Wildman–Crippen LogP) is 2.81. The van der Waals surface area contributed by atoms with E-state index in [9.17, 15) is 14.4 Å². The van der Waals surface area contributed by atoms with Gasteiger partial charge in [0.15, 0.2) is 5.65 Å². The number of carbonyl (C=O) groups excluding carboxylic acids is 2. The molecule has 2 aliphatic heterocycles. The van der Waals surface area contributed by atoms with Gasteiger partial charge in [-0.2, -0.15) is 0 Å². The number of nitrogens with one attached hydrogen (secondary N) is 1. The van der Waals surface area contributed by atoms with E-state index in [4.69, 9.17) is 4.98 Å². The summed E-state index contributed by atoms with van der Waals surface area (Å²) in [4.78, 5) is 47.6. The Morgan fingerprint density at radius 2 is 1.84 bits per heavy atom. The third-order valence-corrected chi connectivity index (χ3v) is 7.44. The molecular formula is C24H33N5O3. The van der Waals surface area contributed by atoms with Crippen molar-refractivity contribution in [2.75, 3.05) is 13.1 Å².